The summed E-state index contributed by atoms with van der Waals surface area (Å²) in [5, 5.41) is 6.45. The van der Waals surface area contributed by atoms with E-state index in [1.165, 1.54) is 32.6 Å². The molecule has 8 nitrogen and oxygen atoms in total. The van der Waals surface area contributed by atoms with Gasteiger partial charge in [0.05, 0.1) is 31.0 Å². The van der Waals surface area contributed by atoms with Crippen molar-refractivity contribution >= 4 is 52.1 Å². The minimum absolute atomic E-state index is 0.255. The second kappa shape index (κ2) is 12.3. The van der Waals surface area contributed by atoms with Crippen molar-refractivity contribution in [2.75, 3.05) is 20.8 Å². The van der Waals surface area contributed by atoms with Gasteiger partial charge in [0.1, 0.15) is 11.5 Å². The number of nitrogens with zero attached hydrogens (tertiary/aromatic N) is 1. The van der Waals surface area contributed by atoms with Crippen molar-refractivity contribution in [3.05, 3.63) is 94.0 Å². The molecule has 0 heterocycles. The molecule has 194 valence electrons. The topological polar surface area (TPSA) is 95.5 Å². The second-order valence-corrected chi connectivity index (χ2v) is 8.66. The van der Waals surface area contributed by atoms with E-state index < -0.39 is 11.9 Å². The number of ether oxygens (including phenoxy) is 4. The zero-order valence-corrected chi connectivity index (χ0v) is 21.9. The van der Waals surface area contributed by atoms with Crippen molar-refractivity contribution < 1.29 is 28.5 Å². The molecule has 1 amide bonds. The highest BCUT2D eigenvalue weighted by atomic mass is 35.5. The molecule has 4 rings (SSSR count). The lowest BCUT2D eigenvalue weighted by molar-refractivity contribution is -0.123. The first-order valence-electron chi connectivity index (χ1n) is 11.3. The first-order chi connectivity index (χ1) is 18.4. The van der Waals surface area contributed by atoms with E-state index in [4.69, 9.17) is 42.1 Å². The molecule has 0 unspecified atom stereocenters. The number of hydrazone groups is 1. The SMILES string of the molecule is COc1ccc(C(=O)Oc2ccc3ccccc3c2/C=N/NC(=O)COc2ccc(Cl)cc2Cl)cc1OC. The molecule has 0 fully saturated rings. The molecular weight excluding hydrogens is 531 g/mol. The Balaban J connectivity index is 1.52. The third-order valence-corrected chi connectivity index (χ3v) is 5.92. The molecule has 0 radical (unpaired) electrons. The number of esters is 1. The van der Waals surface area contributed by atoms with Crippen LogP contribution in [0.2, 0.25) is 10.0 Å². The number of carbonyl (C=O) groups excluding carboxylic acids is 2. The molecule has 0 atom stereocenters. The van der Waals surface area contributed by atoms with Gasteiger partial charge >= 0.3 is 5.97 Å². The Morgan fingerprint density at radius 1 is 0.868 bits per heavy atom. The van der Waals surface area contributed by atoms with Crippen LogP contribution in [0, 0.1) is 0 Å². The molecule has 0 aliphatic rings. The van der Waals surface area contributed by atoms with E-state index in [2.05, 4.69) is 10.5 Å². The minimum Gasteiger partial charge on any atom is -0.493 e. The molecule has 0 spiro atoms. The van der Waals surface area contributed by atoms with Crippen LogP contribution < -0.4 is 24.4 Å². The van der Waals surface area contributed by atoms with E-state index in [9.17, 15) is 9.59 Å². The maximum absolute atomic E-state index is 13.0. The van der Waals surface area contributed by atoms with Crippen LogP contribution in [0.4, 0.5) is 0 Å². The summed E-state index contributed by atoms with van der Waals surface area (Å²) >= 11 is 11.9. The van der Waals surface area contributed by atoms with E-state index in [1.54, 1.807) is 30.3 Å². The van der Waals surface area contributed by atoms with Crippen LogP contribution in [0.15, 0.2) is 77.9 Å². The van der Waals surface area contributed by atoms with Crippen LogP contribution in [0.25, 0.3) is 10.8 Å². The fraction of sp³-hybridized carbons (Fsp3) is 0.107. The second-order valence-electron chi connectivity index (χ2n) is 7.81. The molecule has 1 N–H and O–H groups in total. The van der Waals surface area contributed by atoms with Gasteiger partial charge in [0.25, 0.3) is 5.91 Å². The van der Waals surface area contributed by atoms with Gasteiger partial charge in [-0.3, -0.25) is 4.79 Å². The van der Waals surface area contributed by atoms with E-state index >= 15 is 0 Å². The Bertz CT molecular complexity index is 1520. The molecule has 38 heavy (non-hydrogen) atoms. The number of halogens is 2. The number of benzene rings is 4. The van der Waals surface area contributed by atoms with E-state index in [0.717, 1.165) is 10.8 Å². The maximum atomic E-state index is 13.0. The molecule has 4 aromatic rings. The van der Waals surface area contributed by atoms with Gasteiger partial charge in [-0.25, -0.2) is 10.2 Å². The number of nitrogens with one attached hydrogen (secondary N) is 1. The lowest BCUT2D eigenvalue weighted by Gasteiger charge is -2.12. The van der Waals surface area contributed by atoms with Crippen LogP contribution in [0.3, 0.4) is 0 Å². The average molecular weight is 553 g/mol. The summed E-state index contributed by atoms with van der Waals surface area (Å²) < 4.78 is 21.6. The molecule has 4 aromatic carbocycles. The van der Waals surface area contributed by atoms with Gasteiger partial charge in [-0.2, -0.15) is 5.10 Å². The summed E-state index contributed by atoms with van der Waals surface area (Å²) in [6.45, 7) is -0.324. The molecule has 0 aromatic heterocycles. The van der Waals surface area contributed by atoms with Gasteiger partial charge < -0.3 is 18.9 Å². The number of rotatable bonds is 9. The Kier molecular flexibility index (Phi) is 8.68. The summed E-state index contributed by atoms with van der Waals surface area (Å²) in [6, 6.07) is 20.4. The van der Waals surface area contributed by atoms with E-state index in [0.29, 0.717) is 27.8 Å². The quantitative estimate of drug-likeness (QED) is 0.120. The number of hydrogen-bond acceptors (Lipinski definition) is 7. The molecular formula is C28H22Cl2N2O6. The minimum atomic E-state index is -0.604. The van der Waals surface area contributed by atoms with E-state index in [-0.39, 0.29) is 22.9 Å². The number of carbonyl (C=O) groups is 2. The normalized spacial score (nSPS) is 10.8. The third-order valence-electron chi connectivity index (χ3n) is 5.39. The van der Waals surface area contributed by atoms with Gasteiger partial charge in [0, 0.05) is 10.6 Å². The first kappa shape index (κ1) is 26.8. The van der Waals surface area contributed by atoms with Crippen LogP contribution >= 0.6 is 23.2 Å². The monoisotopic (exact) mass is 552 g/mol. The maximum Gasteiger partial charge on any atom is 0.343 e. The molecule has 0 saturated carbocycles. The third kappa shape index (κ3) is 6.34. The largest absolute Gasteiger partial charge is 0.493 e. The summed E-state index contributed by atoms with van der Waals surface area (Å²) in [5.74, 6) is 0.330. The van der Waals surface area contributed by atoms with E-state index in [1.807, 2.05) is 30.3 Å². The predicted molar refractivity (Wildman–Crippen MR) is 146 cm³/mol. The summed E-state index contributed by atoms with van der Waals surface area (Å²) in [6.07, 6.45) is 1.41. The Hall–Kier alpha value is -4.27. The molecule has 0 aliphatic carbocycles. The van der Waals surface area contributed by atoms with Crippen molar-refractivity contribution in [3.8, 4) is 23.0 Å². The highest BCUT2D eigenvalue weighted by Gasteiger charge is 2.16. The van der Waals surface area contributed by atoms with Gasteiger partial charge in [-0.15, -0.1) is 0 Å². The highest BCUT2D eigenvalue weighted by Crippen LogP contribution is 2.30. The Morgan fingerprint density at radius 3 is 2.37 bits per heavy atom. The first-order valence-corrected chi connectivity index (χ1v) is 12.0. The highest BCUT2D eigenvalue weighted by molar-refractivity contribution is 6.35. The fourth-order valence-corrected chi connectivity index (χ4v) is 4.02. The van der Waals surface area contributed by atoms with Crippen LogP contribution in [0.5, 0.6) is 23.0 Å². The van der Waals surface area contributed by atoms with Crippen molar-refractivity contribution in [1.29, 1.82) is 0 Å². The van der Waals surface area contributed by atoms with Crippen molar-refractivity contribution in [1.82, 2.24) is 5.43 Å². The van der Waals surface area contributed by atoms with Gasteiger partial charge in [0.15, 0.2) is 18.1 Å². The molecule has 10 heteroatoms. The van der Waals surface area contributed by atoms with Gasteiger partial charge in [-0.1, -0.05) is 53.5 Å². The van der Waals surface area contributed by atoms with Crippen LogP contribution in [0.1, 0.15) is 15.9 Å². The smallest absolute Gasteiger partial charge is 0.343 e. The van der Waals surface area contributed by atoms with Crippen molar-refractivity contribution in [3.63, 3.8) is 0 Å². The van der Waals surface area contributed by atoms with Crippen molar-refractivity contribution in [2.45, 2.75) is 0 Å². The summed E-state index contributed by atoms with van der Waals surface area (Å²) in [5.41, 5.74) is 3.17. The number of hydrogen-bond donors (Lipinski definition) is 1. The molecule has 0 bridgehead atoms. The van der Waals surface area contributed by atoms with Crippen LogP contribution in [-0.4, -0.2) is 38.9 Å². The number of amides is 1. The summed E-state index contributed by atoms with van der Waals surface area (Å²) in [7, 11) is 2.99. The fourth-order valence-electron chi connectivity index (χ4n) is 3.56. The zero-order valence-electron chi connectivity index (χ0n) is 20.4. The average Bonchev–Trinajstić information content (AvgIpc) is 2.93. The van der Waals surface area contributed by atoms with Gasteiger partial charge in [0.2, 0.25) is 0 Å². The lowest BCUT2D eigenvalue weighted by atomic mass is 10.0. The molecule has 0 saturated heterocycles. The number of methoxy groups -OCH3 is 2. The lowest BCUT2D eigenvalue weighted by Crippen LogP contribution is -2.24. The standard InChI is InChI=1S/C28H22Cl2N2O6/c1-35-25-11-8-18(13-26(25)36-2)28(34)38-23-10-7-17-5-3-4-6-20(17)21(23)15-31-32-27(33)16-37-24-12-9-19(29)14-22(24)30/h3-15H,16H2,1-2H3,(H,32,33)/b31-15+. The molecule has 0 aliphatic heterocycles. The Morgan fingerprint density at radius 2 is 1.61 bits per heavy atom. The number of fused-ring (bicyclic) bond motifs is 1. The summed E-state index contributed by atoms with van der Waals surface area (Å²) in [4.78, 5) is 25.2. The predicted octanol–water partition coefficient (Wildman–Crippen LogP) is 5.91. The zero-order chi connectivity index (χ0) is 27.1. The van der Waals surface area contributed by atoms with Crippen LogP contribution in [-0.2, 0) is 4.79 Å². The Labute approximate surface area is 228 Å². The van der Waals surface area contributed by atoms with Crippen molar-refractivity contribution in [2.24, 2.45) is 5.10 Å². The van der Waals surface area contributed by atoms with Gasteiger partial charge in [-0.05, 0) is 53.2 Å².